The first-order chi connectivity index (χ1) is 20.3. The molecule has 1 saturated carbocycles. The molecule has 3 heterocycles. The number of carbonyl (C=O) groups is 1. The van der Waals surface area contributed by atoms with Crippen LogP contribution >= 0.6 is 0 Å². The molecule has 2 aromatic heterocycles. The predicted octanol–water partition coefficient (Wildman–Crippen LogP) is 6.96. The van der Waals surface area contributed by atoms with Crippen LogP contribution in [0.4, 0.5) is 14.5 Å². The maximum atomic E-state index is 14.2. The highest BCUT2D eigenvalue weighted by atomic mass is 19.3. The van der Waals surface area contributed by atoms with Gasteiger partial charge < -0.3 is 19.3 Å². The molecule has 0 spiro atoms. The number of aliphatic carboxylic acids is 1. The molecular formula is C33H36F2N4O3. The van der Waals surface area contributed by atoms with Crippen molar-refractivity contribution in [1.29, 1.82) is 0 Å². The van der Waals surface area contributed by atoms with Gasteiger partial charge in [0.05, 0.1) is 29.2 Å². The number of anilines is 1. The smallest absolute Gasteiger partial charge is 0.307 e. The second kappa shape index (κ2) is 11.7. The number of aromatic nitrogens is 3. The van der Waals surface area contributed by atoms with Crippen molar-refractivity contribution in [3.8, 4) is 5.75 Å². The highest BCUT2D eigenvalue weighted by Crippen LogP contribution is 2.40. The Morgan fingerprint density at radius 2 is 1.95 bits per heavy atom. The Labute approximate surface area is 244 Å². The summed E-state index contributed by atoms with van der Waals surface area (Å²) in [5.41, 5.74) is 5.24. The second-order valence-electron chi connectivity index (χ2n) is 11.7. The highest BCUT2D eigenvalue weighted by molar-refractivity contribution is 5.79. The molecule has 220 valence electrons. The number of halogens is 2. The molecule has 1 N–H and O–H groups in total. The van der Waals surface area contributed by atoms with Crippen molar-refractivity contribution >= 4 is 22.7 Å². The number of aryl methyl sites for hydroxylation is 1. The van der Waals surface area contributed by atoms with E-state index in [0.717, 1.165) is 58.6 Å². The molecule has 1 aliphatic heterocycles. The topological polar surface area (TPSA) is 80.5 Å². The van der Waals surface area contributed by atoms with Gasteiger partial charge in [-0.05, 0) is 67.6 Å². The summed E-state index contributed by atoms with van der Waals surface area (Å²) in [7, 11) is 0. The average molecular weight is 575 g/mol. The molecule has 2 aromatic carbocycles. The lowest BCUT2D eigenvalue weighted by atomic mass is 9.78. The molecule has 2 fully saturated rings. The number of rotatable bonds is 8. The van der Waals surface area contributed by atoms with Crippen LogP contribution in [0.3, 0.4) is 0 Å². The van der Waals surface area contributed by atoms with Crippen molar-refractivity contribution < 1.29 is 23.4 Å². The van der Waals surface area contributed by atoms with Gasteiger partial charge in [-0.2, -0.15) is 0 Å². The Morgan fingerprint density at radius 1 is 1.10 bits per heavy atom. The van der Waals surface area contributed by atoms with Gasteiger partial charge in [0.25, 0.3) is 5.92 Å². The van der Waals surface area contributed by atoms with E-state index >= 15 is 0 Å². The number of ether oxygens (including phenoxy) is 1. The van der Waals surface area contributed by atoms with E-state index < -0.39 is 17.8 Å². The number of carboxylic acid groups (broad SMARTS) is 1. The van der Waals surface area contributed by atoms with Crippen LogP contribution < -0.4 is 9.64 Å². The summed E-state index contributed by atoms with van der Waals surface area (Å²) < 4.78 is 36.6. The summed E-state index contributed by atoms with van der Waals surface area (Å²) in [5.74, 6) is -2.78. The van der Waals surface area contributed by atoms with E-state index in [-0.39, 0.29) is 18.9 Å². The number of pyridine rings is 1. The number of benzene rings is 2. The van der Waals surface area contributed by atoms with E-state index in [2.05, 4.69) is 9.55 Å². The molecule has 7 nitrogen and oxygen atoms in total. The summed E-state index contributed by atoms with van der Waals surface area (Å²) in [5, 5.41) is 10.1. The fraction of sp³-hybridized carbons (Fsp3) is 0.424. The second-order valence-corrected chi connectivity index (χ2v) is 11.7. The minimum Gasteiger partial charge on any atom is -0.487 e. The first-order valence-electron chi connectivity index (χ1n) is 14.7. The Hall–Kier alpha value is -4.01. The van der Waals surface area contributed by atoms with Crippen molar-refractivity contribution in [2.75, 3.05) is 18.0 Å². The van der Waals surface area contributed by atoms with E-state index in [1.165, 1.54) is 0 Å². The van der Waals surface area contributed by atoms with Crippen molar-refractivity contribution in [2.24, 2.45) is 5.92 Å². The maximum absolute atomic E-state index is 14.2. The number of hydrogen-bond donors (Lipinski definition) is 1. The number of alkyl halides is 2. The van der Waals surface area contributed by atoms with E-state index in [1.807, 2.05) is 67.7 Å². The summed E-state index contributed by atoms with van der Waals surface area (Å²) >= 11 is 0. The van der Waals surface area contributed by atoms with Gasteiger partial charge in [0.15, 0.2) is 0 Å². The van der Waals surface area contributed by atoms with E-state index in [4.69, 9.17) is 9.72 Å². The Bertz CT molecular complexity index is 1570. The van der Waals surface area contributed by atoms with Gasteiger partial charge in [-0.1, -0.05) is 31.0 Å². The standard InChI is InChI=1S/C33H36F2N4O3/c1-22-10-11-24(36-18-22)20-42-26-12-13-29-30(17-26)39(31(37-29)27-8-2-3-9-28(27)32(40)41)19-23-6-4-7-25(16-23)38-15-5-14-33(34,35)21-38/h4,6-7,10-13,16-18,27-28H,2-3,5,8-9,14-15,19-21H2,1H3,(H,40,41)/t27?,28-/m1/s1. The number of fused-ring (bicyclic) bond motifs is 1. The molecule has 4 aromatic rings. The predicted molar refractivity (Wildman–Crippen MR) is 157 cm³/mol. The van der Waals surface area contributed by atoms with Gasteiger partial charge in [-0.25, -0.2) is 13.8 Å². The number of nitrogens with zero attached hydrogens (tertiary/aromatic N) is 4. The van der Waals surface area contributed by atoms with Crippen LogP contribution in [0.2, 0.25) is 0 Å². The molecule has 42 heavy (non-hydrogen) atoms. The maximum Gasteiger partial charge on any atom is 0.307 e. The third-order valence-corrected chi connectivity index (χ3v) is 8.53. The Morgan fingerprint density at radius 3 is 2.74 bits per heavy atom. The fourth-order valence-electron chi connectivity index (χ4n) is 6.36. The van der Waals surface area contributed by atoms with Crippen molar-refractivity contribution in [1.82, 2.24) is 14.5 Å². The number of carboxylic acids is 1. The van der Waals surface area contributed by atoms with Crippen LogP contribution in [0.25, 0.3) is 11.0 Å². The SMILES string of the molecule is Cc1ccc(COc2ccc3nc(C4CCCC[C@H]4C(=O)O)n(Cc4cccc(N5CCCC(F)(F)C5)c4)c3c2)nc1. The van der Waals surface area contributed by atoms with Gasteiger partial charge in [0.2, 0.25) is 0 Å². The lowest BCUT2D eigenvalue weighted by molar-refractivity contribution is -0.143. The van der Waals surface area contributed by atoms with Crippen molar-refractivity contribution in [3.63, 3.8) is 0 Å². The highest BCUT2D eigenvalue weighted by Gasteiger charge is 2.36. The van der Waals surface area contributed by atoms with Crippen LogP contribution in [0.1, 0.15) is 67.1 Å². The van der Waals surface area contributed by atoms with Gasteiger partial charge in [0.1, 0.15) is 18.2 Å². The lowest BCUT2D eigenvalue weighted by Gasteiger charge is -2.34. The normalized spacial score (nSPS) is 20.5. The third kappa shape index (κ3) is 6.10. The molecule has 1 saturated heterocycles. The Kier molecular flexibility index (Phi) is 7.84. The van der Waals surface area contributed by atoms with Crippen molar-refractivity contribution in [2.45, 2.75) is 70.4 Å². The quantitative estimate of drug-likeness (QED) is 0.245. The van der Waals surface area contributed by atoms with Crippen LogP contribution in [-0.4, -0.2) is 44.6 Å². The van der Waals surface area contributed by atoms with Crippen LogP contribution in [-0.2, 0) is 17.9 Å². The number of hydrogen-bond acceptors (Lipinski definition) is 5. The van der Waals surface area contributed by atoms with E-state index in [1.54, 1.807) is 4.90 Å². The summed E-state index contributed by atoms with van der Waals surface area (Å²) in [6.45, 7) is 3.06. The van der Waals surface area contributed by atoms with E-state index in [9.17, 15) is 18.7 Å². The molecule has 6 rings (SSSR count). The van der Waals surface area contributed by atoms with E-state index in [0.29, 0.717) is 38.3 Å². The van der Waals surface area contributed by atoms with Gasteiger partial charge in [-0.15, -0.1) is 0 Å². The molecule has 2 aliphatic rings. The zero-order valence-corrected chi connectivity index (χ0v) is 23.8. The minimum absolute atomic E-state index is 0.0793. The molecule has 0 bridgehead atoms. The lowest BCUT2D eigenvalue weighted by Crippen LogP contribution is -2.42. The zero-order chi connectivity index (χ0) is 29.3. The number of piperidine rings is 1. The summed E-state index contributed by atoms with van der Waals surface area (Å²) in [6.07, 6.45) is 5.41. The third-order valence-electron chi connectivity index (χ3n) is 8.53. The minimum atomic E-state index is -2.70. The molecule has 0 amide bonds. The number of imidazole rings is 1. The first kappa shape index (κ1) is 28.1. The molecule has 0 radical (unpaired) electrons. The van der Waals surface area contributed by atoms with Gasteiger partial charge >= 0.3 is 5.97 Å². The van der Waals surface area contributed by atoms with Gasteiger partial charge in [-0.3, -0.25) is 9.78 Å². The van der Waals surface area contributed by atoms with Crippen molar-refractivity contribution in [3.05, 3.63) is 83.4 Å². The van der Waals surface area contributed by atoms with Crippen LogP contribution in [0.15, 0.2) is 60.8 Å². The molecule has 1 unspecified atom stereocenters. The average Bonchev–Trinajstić information content (AvgIpc) is 3.33. The monoisotopic (exact) mass is 574 g/mol. The van der Waals surface area contributed by atoms with Crippen LogP contribution in [0, 0.1) is 12.8 Å². The molecule has 9 heteroatoms. The Balaban J connectivity index is 1.35. The summed E-state index contributed by atoms with van der Waals surface area (Å²) in [6, 6.07) is 17.4. The first-order valence-corrected chi connectivity index (χ1v) is 14.7. The van der Waals surface area contributed by atoms with Gasteiger partial charge in [0, 0.05) is 43.4 Å². The van der Waals surface area contributed by atoms with Crippen LogP contribution in [0.5, 0.6) is 5.75 Å². The molecular weight excluding hydrogens is 538 g/mol. The largest absolute Gasteiger partial charge is 0.487 e. The zero-order valence-electron chi connectivity index (χ0n) is 23.8. The molecule has 2 atom stereocenters. The summed E-state index contributed by atoms with van der Waals surface area (Å²) in [4.78, 5) is 23.4. The molecule has 1 aliphatic carbocycles. The fourth-order valence-corrected chi connectivity index (χ4v) is 6.36.